The van der Waals surface area contributed by atoms with Gasteiger partial charge < -0.3 is 9.13 Å². The molecule has 0 aliphatic carbocycles. The number of benzene rings is 11. The first kappa shape index (κ1) is 35.0. The van der Waals surface area contributed by atoms with Crippen molar-refractivity contribution >= 4 is 97.6 Å². The molecule has 4 heteroatoms. The lowest BCUT2D eigenvalue weighted by Gasteiger charge is -2.13. The zero-order valence-electron chi connectivity index (χ0n) is 34.6. The molecular weight excluding hydrogens is 777 g/mol. The molecule has 3 aromatic heterocycles. The van der Waals surface area contributed by atoms with E-state index in [9.17, 15) is 0 Å². The van der Waals surface area contributed by atoms with Crippen LogP contribution in [0.1, 0.15) is 0 Å². The standard InChI is InChI=1S/C60H36N4/c1-2-13-39-31-44(23-21-37(39)11-1)58-51-18-7-9-19-54(51)61-60(62-58)45-24-22-43-33-46(27-25-42(43)32-45)63-56-30-28-47(36-53(56)52-34-40-14-3-4-15-41(40)35-57(52)63)64-55-20-10-8-17-49(55)50-29-26-38-12-5-6-16-48(38)59(50)64/h1-36H. The van der Waals surface area contributed by atoms with Gasteiger partial charge in [0.25, 0.3) is 0 Å². The normalized spacial score (nSPS) is 12.1. The van der Waals surface area contributed by atoms with Crippen molar-refractivity contribution in [2.24, 2.45) is 0 Å². The van der Waals surface area contributed by atoms with Crippen molar-refractivity contribution in [2.45, 2.75) is 0 Å². The van der Waals surface area contributed by atoms with Gasteiger partial charge in [0.2, 0.25) is 0 Å². The van der Waals surface area contributed by atoms with Crippen LogP contribution < -0.4 is 0 Å². The molecule has 0 saturated heterocycles. The van der Waals surface area contributed by atoms with Gasteiger partial charge in [-0.05, 0) is 104 Å². The van der Waals surface area contributed by atoms with E-state index in [-0.39, 0.29) is 0 Å². The van der Waals surface area contributed by atoms with E-state index in [1.54, 1.807) is 0 Å². The summed E-state index contributed by atoms with van der Waals surface area (Å²) in [6, 6.07) is 79.4. The number of hydrogen-bond acceptors (Lipinski definition) is 2. The molecule has 0 unspecified atom stereocenters. The van der Waals surface area contributed by atoms with Gasteiger partial charge in [-0.25, -0.2) is 9.97 Å². The van der Waals surface area contributed by atoms with Gasteiger partial charge in [0.1, 0.15) is 0 Å². The molecule has 4 nitrogen and oxygen atoms in total. The summed E-state index contributed by atoms with van der Waals surface area (Å²) in [5.41, 5.74) is 11.0. The Balaban J connectivity index is 0.939. The summed E-state index contributed by atoms with van der Waals surface area (Å²) in [6.45, 7) is 0. The van der Waals surface area contributed by atoms with E-state index in [0.717, 1.165) is 49.9 Å². The SMILES string of the molecule is c1ccc2cc(-c3nc(-c4ccc5cc(-n6c7ccc(-n8c9ccccc9c9ccc%10ccccc%10c98)cc7c7cc8ccccc8cc76)ccc5c4)nc4ccccc34)ccc2c1. The van der Waals surface area contributed by atoms with Gasteiger partial charge >= 0.3 is 0 Å². The van der Waals surface area contributed by atoms with Gasteiger partial charge in [-0.15, -0.1) is 0 Å². The van der Waals surface area contributed by atoms with E-state index < -0.39 is 0 Å². The molecule has 0 aliphatic rings. The predicted molar refractivity (Wildman–Crippen MR) is 269 cm³/mol. The number of rotatable bonds is 4. The Hall–Kier alpha value is -8.60. The Morgan fingerprint density at radius 3 is 1.72 bits per heavy atom. The first-order valence-electron chi connectivity index (χ1n) is 21.9. The second-order valence-electron chi connectivity index (χ2n) is 17.0. The summed E-state index contributed by atoms with van der Waals surface area (Å²) in [7, 11) is 0. The molecular formula is C60H36N4. The first-order chi connectivity index (χ1) is 31.7. The van der Waals surface area contributed by atoms with Gasteiger partial charge in [-0.2, -0.15) is 0 Å². The van der Waals surface area contributed by atoms with Crippen LogP contribution in [0.15, 0.2) is 218 Å². The minimum atomic E-state index is 0.717. The summed E-state index contributed by atoms with van der Waals surface area (Å²) >= 11 is 0. The topological polar surface area (TPSA) is 35.6 Å². The maximum Gasteiger partial charge on any atom is 0.160 e. The molecule has 0 aliphatic heterocycles. The largest absolute Gasteiger partial charge is 0.309 e. The Morgan fingerprint density at radius 1 is 0.281 bits per heavy atom. The molecule has 64 heavy (non-hydrogen) atoms. The molecule has 0 amide bonds. The lowest BCUT2D eigenvalue weighted by molar-refractivity contribution is 1.17. The van der Waals surface area contributed by atoms with Gasteiger partial charge in [0.15, 0.2) is 5.82 Å². The van der Waals surface area contributed by atoms with Crippen molar-refractivity contribution < 1.29 is 0 Å². The van der Waals surface area contributed by atoms with Gasteiger partial charge in [0.05, 0.1) is 33.3 Å². The van der Waals surface area contributed by atoms with Crippen molar-refractivity contribution in [3.8, 4) is 34.0 Å². The highest BCUT2D eigenvalue weighted by atomic mass is 15.0. The summed E-state index contributed by atoms with van der Waals surface area (Å²) < 4.78 is 4.91. The van der Waals surface area contributed by atoms with Crippen molar-refractivity contribution in [3.63, 3.8) is 0 Å². The molecule has 11 aromatic carbocycles. The molecule has 0 saturated carbocycles. The van der Waals surface area contributed by atoms with Crippen LogP contribution in [0.4, 0.5) is 0 Å². The summed E-state index contributed by atoms with van der Waals surface area (Å²) in [5, 5.41) is 15.6. The second kappa shape index (κ2) is 13.4. The van der Waals surface area contributed by atoms with Gasteiger partial charge in [-0.1, -0.05) is 152 Å². The molecule has 0 bridgehead atoms. The zero-order valence-corrected chi connectivity index (χ0v) is 34.6. The number of aromatic nitrogens is 4. The number of fused-ring (bicyclic) bond motifs is 12. The minimum absolute atomic E-state index is 0.717. The third-order valence-corrected chi connectivity index (χ3v) is 13.4. The van der Waals surface area contributed by atoms with Crippen LogP contribution >= 0.6 is 0 Å². The summed E-state index contributed by atoms with van der Waals surface area (Å²) in [5.74, 6) is 0.717. The fourth-order valence-electron chi connectivity index (χ4n) is 10.4. The number of para-hydroxylation sites is 2. The molecule has 3 heterocycles. The number of hydrogen-bond donors (Lipinski definition) is 0. The molecule has 0 spiro atoms. The Morgan fingerprint density at radius 2 is 0.844 bits per heavy atom. The van der Waals surface area contributed by atoms with E-state index >= 15 is 0 Å². The molecule has 14 aromatic rings. The van der Waals surface area contributed by atoms with Crippen molar-refractivity contribution in [1.82, 2.24) is 19.1 Å². The highest BCUT2D eigenvalue weighted by molar-refractivity contribution is 6.19. The fourth-order valence-corrected chi connectivity index (χ4v) is 10.4. The maximum atomic E-state index is 5.26. The van der Waals surface area contributed by atoms with Crippen LogP contribution in [-0.2, 0) is 0 Å². The lowest BCUT2D eigenvalue weighted by Crippen LogP contribution is -1.97. The van der Waals surface area contributed by atoms with E-state index in [1.807, 2.05) is 0 Å². The lowest BCUT2D eigenvalue weighted by atomic mass is 10.0. The highest BCUT2D eigenvalue weighted by Gasteiger charge is 2.19. The Bertz CT molecular complexity index is 4270. The third kappa shape index (κ3) is 5.23. The molecule has 0 fully saturated rings. The summed E-state index contributed by atoms with van der Waals surface area (Å²) in [6.07, 6.45) is 0. The van der Waals surface area contributed by atoms with Crippen LogP contribution in [0.2, 0.25) is 0 Å². The van der Waals surface area contributed by atoms with Gasteiger partial charge in [0, 0.05) is 54.8 Å². The van der Waals surface area contributed by atoms with Crippen molar-refractivity contribution in [3.05, 3.63) is 218 Å². The average molecular weight is 813 g/mol. The second-order valence-corrected chi connectivity index (χ2v) is 17.0. The van der Waals surface area contributed by atoms with E-state index in [0.29, 0.717) is 5.82 Å². The zero-order chi connectivity index (χ0) is 41.9. The molecule has 0 N–H and O–H groups in total. The predicted octanol–water partition coefficient (Wildman–Crippen LogP) is 15.8. The molecule has 296 valence electrons. The smallest absolute Gasteiger partial charge is 0.160 e. The molecule has 14 rings (SSSR count). The highest BCUT2D eigenvalue weighted by Crippen LogP contribution is 2.41. The summed E-state index contributed by atoms with van der Waals surface area (Å²) in [4.78, 5) is 10.4. The quantitative estimate of drug-likeness (QED) is 0.177. The third-order valence-electron chi connectivity index (χ3n) is 13.4. The Labute approximate surface area is 367 Å². The van der Waals surface area contributed by atoms with E-state index in [2.05, 4.69) is 228 Å². The monoisotopic (exact) mass is 812 g/mol. The minimum Gasteiger partial charge on any atom is -0.309 e. The maximum absolute atomic E-state index is 5.26. The Kier molecular flexibility index (Phi) is 7.36. The van der Waals surface area contributed by atoms with Crippen LogP contribution in [0, 0.1) is 0 Å². The average Bonchev–Trinajstić information content (AvgIpc) is 3.87. The molecule has 0 radical (unpaired) electrons. The van der Waals surface area contributed by atoms with Crippen LogP contribution in [0.3, 0.4) is 0 Å². The molecule has 0 atom stereocenters. The van der Waals surface area contributed by atoms with E-state index in [4.69, 9.17) is 9.97 Å². The number of nitrogens with zero attached hydrogens (tertiary/aromatic N) is 4. The van der Waals surface area contributed by atoms with Gasteiger partial charge in [-0.3, -0.25) is 0 Å². The fraction of sp³-hybridized carbons (Fsp3) is 0. The van der Waals surface area contributed by atoms with Crippen LogP contribution in [0.25, 0.3) is 132 Å². The van der Waals surface area contributed by atoms with Crippen LogP contribution in [-0.4, -0.2) is 19.1 Å². The van der Waals surface area contributed by atoms with E-state index in [1.165, 1.54) is 75.9 Å². The van der Waals surface area contributed by atoms with Crippen molar-refractivity contribution in [1.29, 1.82) is 0 Å². The van der Waals surface area contributed by atoms with Crippen LogP contribution in [0.5, 0.6) is 0 Å². The van der Waals surface area contributed by atoms with Crippen molar-refractivity contribution in [2.75, 3.05) is 0 Å². The first-order valence-corrected chi connectivity index (χ1v) is 21.9.